The SMILES string of the molecule is CCOC(=O)C[C@@H]1C(=O)N(Cc2ccccc2)[C@H]2C(=O)N(C(C)(C)C)[C@@H]3[C@@H](OC)C(=O)C(OC)=C[C@]123. The molecule has 1 spiro atoms. The molecule has 36 heavy (non-hydrogen) atoms. The van der Waals surface area contributed by atoms with Gasteiger partial charge >= 0.3 is 5.97 Å². The number of esters is 1. The second kappa shape index (κ2) is 9.35. The molecule has 2 saturated heterocycles. The van der Waals surface area contributed by atoms with Crippen molar-refractivity contribution in [3.8, 4) is 0 Å². The van der Waals surface area contributed by atoms with Gasteiger partial charge in [0.25, 0.3) is 0 Å². The molecule has 2 aliphatic heterocycles. The smallest absolute Gasteiger partial charge is 0.306 e. The summed E-state index contributed by atoms with van der Waals surface area (Å²) in [6, 6.07) is 7.63. The number of methoxy groups -OCH3 is 2. The average molecular weight is 499 g/mol. The number of ketones is 1. The monoisotopic (exact) mass is 498 g/mol. The molecule has 0 unspecified atom stereocenters. The molecule has 2 fully saturated rings. The summed E-state index contributed by atoms with van der Waals surface area (Å²) in [5.74, 6) is -2.48. The number of ether oxygens (including phenoxy) is 3. The summed E-state index contributed by atoms with van der Waals surface area (Å²) in [4.78, 5) is 57.6. The maximum atomic E-state index is 14.2. The molecule has 9 heteroatoms. The van der Waals surface area contributed by atoms with Gasteiger partial charge in [-0.25, -0.2) is 0 Å². The largest absolute Gasteiger partial charge is 0.493 e. The highest BCUT2D eigenvalue weighted by Gasteiger charge is 2.75. The molecule has 1 aliphatic carbocycles. The van der Waals surface area contributed by atoms with Gasteiger partial charge in [-0.15, -0.1) is 0 Å². The lowest BCUT2D eigenvalue weighted by atomic mass is 9.63. The van der Waals surface area contributed by atoms with Crippen molar-refractivity contribution in [1.82, 2.24) is 9.80 Å². The summed E-state index contributed by atoms with van der Waals surface area (Å²) in [6.07, 6.45) is 0.317. The molecule has 4 rings (SSSR count). The molecule has 0 radical (unpaired) electrons. The number of rotatable bonds is 7. The fraction of sp³-hybridized carbons (Fsp3) is 0.556. The van der Waals surface area contributed by atoms with E-state index in [0.29, 0.717) is 0 Å². The van der Waals surface area contributed by atoms with Gasteiger partial charge in [-0.2, -0.15) is 0 Å². The molecule has 0 N–H and O–H groups in total. The third-order valence-corrected chi connectivity index (χ3v) is 7.47. The molecule has 2 heterocycles. The Morgan fingerprint density at radius 3 is 2.28 bits per heavy atom. The summed E-state index contributed by atoms with van der Waals surface area (Å²) < 4.78 is 16.4. The number of nitrogens with zero attached hydrogens (tertiary/aromatic N) is 2. The van der Waals surface area contributed by atoms with Crippen LogP contribution in [0.2, 0.25) is 0 Å². The maximum absolute atomic E-state index is 14.2. The van der Waals surface area contributed by atoms with Crippen LogP contribution in [0.15, 0.2) is 42.2 Å². The van der Waals surface area contributed by atoms with Crippen LogP contribution in [0.25, 0.3) is 0 Å². The van der Waals surface area contributed by atoms with E-state index in [0.717, 1.165) is 5.56 Å². The van der Waals surface area contributed by atoms with Gasteiger partial charge in [0.2, 0.25) is 17.6 Å². The molecule has 0 aromatic heterocycles. The Morgan fingerprint density at radius 1 is 1.06 bits per heavy atom. The first kappa shape index (κ1) is 25.9. The van der Waals surface area contributed by atoms with Gasteiger partial charge in [-0.3, -0.25) is 19.2 Å². The predicted octanol–water partition coefficient (Wildman–Crippen LogP) is 2.09. The zero-order valence-electron chi connectivity index (χ0n) is 21.6. The summed E-state index contributed by atoms with van der Waals surface area (Å²) in [7, 11) is 2.78. The van der Waals surface area contributed by atoms with Crippen LogP contribution >= 0.6 is 0 Å². The fourth-order valence-electron chi connectivity index (χ4n) is 6.20. The number of hydrogen-bond acceptors (Lipinski definition) is 7. The van der Waals surface area contributed by atoms with E-state index in [9.17, 15) is 19.2 Å². The summed E-state index contributed by atoms with van der Waals surface area (Å²) in [5, 5.41) is 0. The molecule has 2 amide bonds. The highest BCUT2D eigenvalue weighted by atomic mass is 16.5. The van der Waals surface area contributed by atoms with E-state index in [1.165, 1.54) is 14.2 Å². The van der Waals surface area contributed by atoms with Crippen LogP contribution < -0.4 is 0 Å². The Balaban J connectivity index is 1.97. The van der Waals surface area contributed by atoms with Crippen molar-refractivity contribution in [2.75, 3.05) is 20.8 Å². The summed E-state index contributed by atoms with van der Waals surface area (Å²) in [6.45, 7) is 7.70. The quantitative estimate of drug-likeness (QED) is 0.531. The van der Waals surface area contributed by atoms with Crippen molar-refractivity contribution in [2.24, 2.45) is 11.3 Å². The first-order valence-corrected chi connectivity index (χ1v) is 12.2. The number of amides is 2. The van der Waals surface area contributed by atoms with Crippen LogP contribution in [-0.2, 0) is 39.9 Å². The predicted molar refractivity (Wildman–Crippen MR) is 129 cm³/mol. The summed E-state index contributed by atoms with van der Waals surface area (Å²) >= 11 is 0. The van der Waals surface area contributed by atoms with Crippen molar-refractivity contribution >= 4 is 23.6 Å². The second-order valence-corrected chi connectivity index (χ2v) is 10.5. The second-order valence-electron chi connectivity index (χ2n) is 10.5. The molecule has 1 aromatic rings. The van der Waals surface area contributed by atoms with Crippen LogP contribution in [0.5, 0.6) is 0 Å². The van der Waals surface area contributed by atoms with Gasteiger partial charge in [0.05, 0.1) is 37.5 Å². The lowest BCUT2D eigenvalue weighted by molar-refractivity contribution is -0.154. The van der Waals surface area contributed by atoms with Gasteiger partial charge in [0.1, 0.15) is 12.1 Å². The van der Waals surface area contributed by atoms with Gasteiger partial charge in [-0.05, 0) is 39.3 Å². The normalized spacial score (nSPS) is 29.7. The third kappa shape index (κ3) is 3.80. The standard InChI is InChI=1S/C27H34N2O7/c1-7-36-19(30)13-17-24(32)28(15-16-11-9-8-10-12-16)23-25(33)29(26(2,3)4)22-21(35-6)20(31)18(34-5)14-27(17,22)23/h8-12,14,17,21-23H,7,13,15H2,1-6H3/t17-,21+,22-,23+,27-/m1/s1. The van der Waals surface area contributed by atoms with Crippen molar-refractivity contribution < 1.29 is 33.4 Å². The van der Waals surface area contributed by atoms with Gasteiger partial charge in [-0.1, -0.05) is 30.3 Å². The van der Waals surface area contributed by atoms with Crippen LogP contribution in [0.3, 0.4) is 0 Å². The lowest BCUT2D eigenvalue weighted by Gasteiger charge is -2.47. The molecular weight excluding hydrogens is 464 g/mol. The maximum Gasteiger partial charge on any atom is 0.306 e. The van der Waals surface area contributed by atoms with E-state index in [4.69, 9.17) is 14.2 Å². The molecule has 194 valence electrons. The van der Waals surface area contributed by atoms with Gasteiger partial charge in [0.15, 0.2) is 5.76 Å². The number of carbonyl (C=O) groups is 4. The van der Waals surface area contributed by atoms with Gasteiger partial charge < -0.3 is 24.0 Å². The van der Waals surface area contributed by atoms with E-state index in [1.54, 1.807) is 22.8 Å². The van der Waals surface area contributed by atoms with Crippen LogP contribution in [0.4, 0.5) is 0 Å². The van der Waals surface area contributed by atoms with Crippen molar-refractivity contribution in [1.29, 1.82) is 0 Å². The minimum Gasteiger partial charge on any atom is -0.493 e. The van der Waals surface area contributed by atoms with Crippen molar-refractivity contribution in [3.05, 3.63) is 47.7 Å². The van der Waals surface area contributed by atoms with E-state index >= 15 is 0 Å². The third-order valence-electron chi connectivity index (χ3n) is 7.47. The zero-order chi connectivity index (χ0) is 26.4. The minimum atomic E-state index is -1.23. The number of carbonyl (C=O) groups excluding carboxylic acids is 4. The molecule has 0 bridgehead atoms. The molecule has 0 saturated carbocycles. The molecule has 5 atom stereocenters. The Morgan fingerprint density at radius 2 is 1.72 bits per heavy atom. The minimum absolute atomic E-state index is 0.0230. The molecular formula is C27H34N2O7. The topological polar surface area (TPSA) is 102 Å². The number of benzene rings is 1. The van der Waals surface area contributed by atoms with Crippen molar-refractivity contribution in [3.63, 3.8) is 0 Å². The Labute approximate surface area is 211 Å². The van der Waals surface area contributed by atoms with E-state index in [1.807, 2.05) is 51.1 Å². The number of likely N-dealkylation sites (tertiary alicyclic amines) is 2. The van der Waals surface area contributed by atoms with E-state index < -0.39 is 46.8 Å². The van der Waals surface area contributed by atoms with E-state index in [2.05, 4.69) is 0 Å². The first-order valence-electron chi connectivity index (χ1n) is 12.2. The Kier molecular flexibility index (Phi) is 6.72. The molecule has 9 nitrogen and oxygen atoms in total. The van der Waals surface area contributed by atoms with Crippen molar-refractivity contribution in [2.45, 2.75) is 64.4 Å². The lowest BCUT2D eigenvalue weighted by Crippen LogP contribution is -2.61. The zero-order valence-corrected chi connectivity index (χ0v) is 21.6. The van der Waals surface area contributed by atoms with Gasteiger partial charge in [0, 0.05) is 19.2 Å². The Bertz CT molecular complexity index is 1090. The average Bonchev–Trinajstić information content (AvgIpc) is 3.21. The van der Waals surface area contributed by atoms with E-state index in [-0.39, 0.29) is 37.1 Å². The Hall–Kier alpha value is -3.20. The molecule has 3 aliphatic rings. The summed E-state index contributed by atoms with van der Waals surface area (Å²) in [5.41, 5.74) is -1.07. The highest BCUT2D eigenvalue weighted by molar-refractivity contribution is 6.05. The van der Waals surface area contributed by atoms with Crippen LogP contribution in [-0.4, -0.2) is 77.9 Å². The van der Waals surface area contributed by atoms with Crippen LogP contribution in [0.1, 0.15) is 39.7 Å². The highest BCUT2D eigenvalue weighted by Crippen LogP contribution is 2.59. The molecule has 1 aromatic carbocycles. The number of Topliss-reactive ketones (excluding diaryl/α,β-unsaturated/α-hetero) is 1. The fourth-order valence-corrected chi connectivity index (χ4v) is 6.20. The number of hydrogen-bond donors (Lipinski definition) is 0. The first-order chi connectivity index (χ1) is 17.0. The van der Waals surface area contributed by atoms with Crippen LogP contribution in [0, 0.1) is 11.3 Å².